The predicted molar refractivity (Wildman–Crippen MR) is 72.2 cm³/mol. The van der Waals surface area contributed by atoms with E-state index in [1.165, 1.54) is 25.1 Å². The number of aliphatic hydroxyl groups is 1. The highest BCUT2D eigenvalue weighted by Crippen LogP contribution is 2.24. The second-order valence-corrected chi connectivity index (χ2v) is 6.81. The van der Waals surface area contributed by atoms with Gasteiger partial charge in [0.05, 0.1) is 11.5 Å². The average Bonchev–Trinajstić information content (AvgIpc) is 3.12. The van der Waals surface area contributed by atoms with Gasteiger partial charge in [-0.3, -0.25) is 0 Å². The third-order valence-corrected chi connectivity index (χ3v) is 4.91. The van der Waals surface area contributed by atoms with E-state index in [4.69, 9.17) is 5.11 Å². The molecule has 6 nitrogen and oxygen atoms in total. The molecule has 0 aliphatic heterocycles. The Kier molecular flexibility index (Phi) is 4.29. The summed E-state index contributed by atoms with van der Waals surface area (Å²) >= 11 is 0. The van der Waals surface area contributed by atoms with Crippen LogP contribution in [0.4, 0.5) is 0 Å². The zero-order valence-corrected chi connectivity index (χ0v) is 12.2. The number of nitrogens with zero attached hydrogens (tertiary/aromatic N) is 2. The topological polar surface area (TPSA) is 74.6 Å². The van der Waals surface area contributed by atoms with Crippen LogP contribution in [0, 0.1) is 0 Å². The molecular formula is C12H21N3O3S. The molecule has 1 heterocycles. The van der Waals surface area contributed by atoms with E-state index in [1.807, 2.05) is 7.05 Å². The van der Waals surface area contributed by atoms with Crippen molar-refractivity contribution >= 4 is 10.0 Å². The Morgan fingerprint density at radius 2 is 2.21 bits per heavy atom. The zero-order chi connectivity index (χ0) is 14.0. The van der Waals surface area contributed by atoms with Gasteiger partial charge in [0.25, 0.3) is 0 Å². The third kappa shape index (κ3) is 3.56. The molecule has 0 aromatic carbocycles. The van der Waals surface area contributed by atoms with Crippen molar-refractivity contribution in [3.05, 3.63) is 18.0 Å². The first-order valence-corrected chi connectivity index (χ1v) is 7.88. The van der Waals surface area contributed by atoms with Crippen LogP contribution in [0.2, 0.25) is 0 Å². The molecule has 1 aliphatic rings. The fraction of sp³-hybridized carbons (Fsp3) is 0.667. The van der Waals surface area contributed by atoms with Crippen molar-refractivity contribution < 1.29 is 13.5 Å². The first kappa shape index (κ1) is 14.5. The first-order valence-electron chi connectivity index (χ1n) is 6.40. The molecule has 0 bridgehead atoms. The van der Waals surface area contributed by atoms with Gasteiger partial charge in [0.2, 0.25) is 10.0 Å². The molecule has 0 unspecified atom stereocenters. The molecule has 7 heteroatoms. The lowest BCUT2D eigenvalue weighted by atomic mass is 10.5. The molecule has 1 fully saturated rings. The van der Waals surface area contributed by atoms with Crippen molar-refractivity contribution in [3.8, 4) is 0 Å². The minimum absolute atomic E-state index is 0.170. The van der Waals surface area contributed by atoms with Gasteiger partial charge in [-0.1, -0.05) is 0 Å². The van der Waals surface area contributed by atoms with Crippen molar-refractivity contribution in [1.82, 2.24) is 14.2 Å². The molecule has 1 aromatic rings. The van der Waals surface area contributed by atoms with Crippen LogP contribution in [-0.2, 0) is 23.7 Å². The number of sulfonamides is 1. The van der Waals surface area contributed by atoms with Crippen LogP contribution in [0.15, 0.2) is 17.2 Å². The number of hydrogen-bond acceptors (Lipinski definition) is 4. The lowest BCUT2D eigenvalue weighted by Crippen LogP contribution is -2.33. The van der Waals surface area contributed by atoms with Crippen LogP contribution < -0.4 is 4.72 Å². The highest BCUT2D eigenvalue weighted by molar-refractivity contribution is 7.89. The van der Waals surface area contributed by atoms with Gasteiger partial charge in [0.15, 0.2) is 0 Å². The second-order valence-electron chi connectivity index (χ2n) is 5.05. The van der Waals surface area contributed by atoms with E-state index in [2.05, 4.69) is 9.62 Å². The smallest absolute Gasteiger partial charge is 0.242 e. The van der Waals surface area contributed by atoms with E-state index in [1.54, 1.807) is 11.6 Å². The minimum Gasteiger partial charge on any atom is -0.390 e. The predicted octanol–water partition coefficient (Wildman–Crippen LogP) is -0.110. The number of hydrogen-bond donors (Lipinski definition) is 2. The summed E-state index contributed by atoms with van der Waals surface area (Å²) in [5, 5.41) is 9.07. The van der Waals surface area contributed by atoms with Gasteiger partial charge in [-0.2, -0.15) is 0 Å². The van der Waals surface area contributed by atoms with Gasteiger partial charge in [-0.05, 0) is 26.0 Å². The summed E-state index contributed by atoms with van der Waals surface area (Å²) in [6.45, 7) is 0.943. The monoisotopic (exact) mass is 287 g/mol. The average molecular weight is 287 g/mol. The molecule has 2 rings (SSSR count). The Hall–Kier alpha value is -0.890. The Morgan fingerprint density at radius 3 is 2.74 bits per heavy atom. The van der Waals surface area contributed by atoms with Crippen LogP contribution >= 0.6 is 0 Å². The van der Waals surface area contributed by atoms with Crippen molar-refractivity contribution in [2.75, 3.05) is 20.1 Å². The van der Waals surface area contributed by atoms with Crippen molar-refractivity contribution in [2.24, 2.45) is 7.05 Å². The van der Waals surface area contributed by atoms with E-state index in [0.717, 1.165) is 0 Å². The Balaban J connectivity index is 1.93. The quantitative estimate of drug-likeness (QED) is 0.734. The highest BCUT2D eigenvalue weighted by atomic mass is 32.2. The number of likely N-dealkylation sites (N-methyl/N-ethyl adjacent to an activating group) is 1. The second kappa shape index (κ2) is 5.62. The molecule has 1 aromatic heterocycles. The van der Waals surface area contributed by atoms with E-state index in [9.17, 15) is 8.42 Å². The number of aromatic nitrogens is 1. The summed E-state index contributed by atoms with van der Waals surface area (Å²) in [6, 6.07) is 2.12. The maximum atomic E-state index is 12.1. The molecule has 0 radical (unpaired) electrons. The summed E-state index contributed by atoms with van der Waals surface area (Å²) in [4.78, 5) is 2.38. The van der Waals surface area contributed by atoms with Gasteiger partial charge in [0, 0.05) is 38.1 Å². The molecule has 0 amide bonds. The summed E-state index contributed by atoms with van der Waals surface area (Å²) < 4.78 is 28.3. The number of aryl methyl sites for hydroxylation is 1. The minimum atomic E-state index is -3.48. The van der Waals surface area contributed by atoms with Gasteiger partial charge in [0.1, 0.15) is 0 Å². The number of rotatable bonds is 7. The summed E-state index contributed by atoms with van der Waals surface area (Å²) in [6.07, 6.45) is 3.93. The summed E-state index contributed by atoms with van der Waals surface area (Å²) in [7, 11) is 0.244. The van der Waals surface area contributed by atoms with Crippen molar-refractivity contribution in [3.63, 3.8) is 0 Å². The van der Waals surface area contributed by atoms with Gasteiger partial charge in [-0.15, -0.1) is 0 Å². The number of nitrogens with one attached hydrogen (secondary N) is 1. The van der Waals surface area contributed by atoms with Crippen molar-refractivity contribution in [2.45, 2.75) is 30.4 Å². The van der Waals surface area contributed by atoms with E-state index in [-0.39, 0.29) is 11.5 Å². The Bertz CT molecular complexity index is 534. The highest BCUT2D eigenvalue weighted by Gasteiger charge is 2.26. The third-order valence-electron chi connectivity index (χ3n) is 3.48. The van der Waals surface area contributed by atoms with Gasteiger partial charge < -0.3 is 14.6 Å². The molecule has 0 saturated heterocycles. The fourth-order valence-electron chi connectivity index (χ4n) is 2.02. The molecule has 1 saturated carbocycles. The van der Waals surface area contributed by atoms with Crippen LogP contribution in [0.3, 0.4) is 0 Å². The maximum absolute atomic E-state index is 12.1. The number of aliphatic hydroxyl groups excluding tert-OH is 1. The lowest BCUT2D eigenvalue weighted by Gasteiger charge is -2.15. The Labute approximate surface area is 114 Å². The normalized spacial score (nSPS) is 16.2. The molecule has 19 heavy (non-hydrogen) atoms. The Morgan fingerprint density at radius 1 is 1.53 bits per heavy atom. The SMILES string of the molecule is CN(CCNS(=O)(=O)c1cc(CO)n(C)c1)C1CC1. The van der Waals surface area contributed by atoms with Crippen LogP contribution in [0.1, 0.15) is 18.5 Å². The first-order chi connectivity index (χ1) is 8.94. The van der Waals surface area contributed by atoms with E-state index < -0.39 is 10.0 Å². The zero-order valence-electron chi connectivity index (χ0n) is 11.3. The molecule has 0 spiro atoms. The van der Waals surface area contributed by atoms with E-state index in [0.29, 0.717) is 24.8 Å². The molecule has 2 N–H and O–H groups in total. The van der Waals surface area contributed by atoms with Crippen LogP contribution in [0.5, 0.6) is 0 Å². The van der Waals surface area contributed by atoms with Crippen molar-refractivity contribution in [1.29, 1.82) is 0 Å². The summed E-state index contributed by atoms with van der Waals surface area (Å²) in [5.74, 6) is 0. The lowest BCUT2D eigenvalue weighted by molar-refractivity contribution is 0.272. The standard InChI is InChI=1S/C12H21N3O3S/c1-14(10-3-4-10)6-5-13-19(17,18)12-7-11(9-16)15(2)8-12/h7-8,10,13,16H,3-6,9H2,1-2H3. The molecule has 0 atom stereocenters. The molecule has 1 aliphatic carbocycles. The van der Waals surface area contributed by atoms with Crippen LogP contribution in [0.25, 0.3) is 0 Å². The van der Waals surface area contributed by atoms with Gasteiger partial charge >= 0.3 is 0 Å². The fourth-order valence-corrected chi connectivity index (χ4v) is 3.13. The summed E-state index contributed by atoms with van der Waals surface area (Å²) in [5.41, 5.74) is 0.579. The maximum Gasteiger partial charge on any atom is 0.242 e. The molecular weight excluding hydrogens is 266 g/mol. The largest absolute Gasteiger partial charge is 0.390 e. The van der Waals surface area contributed by atoms with E-state index >= 15 is 0 Å². The van der Waals surface area contributed by atoms with Gasteiger partial charge in [-0.25, -0.2) is 13.1 Å². The molecule has 108 valence electrons. The van der Waals surface area contributed by atoms with Crippen LogP contribution in [-0.4, -0.2) is 49.2 Å².